The average molecular weight is 272 g/mol. The fraction of sp³-hybridized carbons (Fsp3) is 0.600. The van der Waals surface area contributed by atoms with Gasteiger partial charge in [0.25, 0.3) is 0 Å². The molecule has 0 aliphatic carbocycles. The summed E-state index contributed by atoms with van der Waals surface area (Å²) in [6.45, 7) is 4.80. The molecule has 1 amide bonds. The van der Waals surface area contributed by atoms with Gasteiger partial charge < -0.3 is 4.90 Å². The summed E-state index contributed by atoms with van der Waals surface area (Å²) >= 11 is 0. The second-order valence-corrected chi connectivity index (χ2v) is 5.91. The summed E-state index contributed by atoms with van der Waals surface area (Å²) in [7, 11) is 0. The summed E-state index contributed by atoms with van der Waals surface area (Å²) in [5.41, 5.74) is 0.681. The Morgan fingerprint density at radius 1 is 1.55 bits per heavy atom. The van der Waals surface area contributed by atoms with Crippen LogP contribution in [0.25, 0.3) is 0 Å². The molecule has 0 N–H and O–H groups in total. The molecule has 5 nitrogen and oxygen atoms in total. The van der Waals surface area contributed by atoms with Crippen LogP contribution in [0.1, 0.15) is 38.8 Å². The van der Waals surface area contributed by atoms with E-state index in [9.17, 15) is 10.1 Å². The first kappa shape index (κ1) is 14.4. The van der Waals surface area contributed by atoms with Crippen LogP contribution in [0.4, 0.5) is 0 Å². The molecular weight excluding hydrogens is 252 g/mol. The minimum atomic E-state index is -0.328. The van der Waals surface area contributed by atoms with E-state index in [2.05, 4.69) is 29.9 Å². The van der Waals surface area contributed by atoms with E-state index >= 15 is 0 Å². The lowest BCUT2D eigenvalue weighted by Crippen LogP contribution is -2.51. The van der Waals surface area contributed by atoms with Crippen molar-refractivity contribution in [3.05, 3.63) is 24.3 Å². The Kier molecular flexibility index (Phi) is 4.33. The number of piperidine rings is 1. The highest BCUT2D eigenvalue weighted by Gasteiger charge is 2.39. The third-order valence-corrected chi connectivity index (χ3v) is 3.93. The first-order valence-electron chi connectivity index (χ1n) is 6.98. The van der Waals surface area contributed by atoms with Gasteiger partial charge in [-0.1, -0.05) is 13.8 Å². The van der Waals surface area contributed by atoms with Crippen LogP contribution < -0.4 is 0 Å². The molecule has 1 aliphatic rings. The van der Waals surface area contributed by atoms with E-state index in [4.69, 9.17) is 0 Å². The molecule has 0 saturated carbocycles. The molecule has 106 valence electrons. The quantitative estimate of drug-likeness (QED) is 0.843. The number of amides is 1. The highest BCUT2D eigenvalue weighted by Crippen LogP contribution is 2.35. The van der Waals surface area contributed by atoms with E-state index in [0.717, 1.165) is 18.5 Å². The predicted molar refractivity (Wildman–Crippen MR) is 74.5 cm³/mol. The van der Waals surface area contributed by atoms with Crippen LogP contribution >= 0.6 is 0 Å². The number of aryl methyl sites for hydroxylation is 1. The topological polar surface area (TPSA) is 69.9 Å². The zero-order valence-electron chi connectivity index (χ0n) is 12.0. The van der Waals surface area contributed by atoms with E-state index in [1.807, 2.05) is 0 Å². The van der Waals surface area contributed by atoms with E-state index < -0.39 is 0 Å². The zero-order valence-corrected chi connectivity index (χ0v) is 12.0. The van der Waals surface area contributed by atoms with Gasteiger partial charge in [0.2, 0.25) is 5.91 Å². The number of aromatic nitrogens is 2. The monoisotopic (exact) mass is 272 g/mol. The van der Waals surface area contributed by atoms with Crippen LogP contribution in [-0.2, 0) is 11.2 Å². The molecule has 0 radical (unpaired) electrons. The fourth-order valence-corrected chi connectivity index (χ4v) is 2.74. The van der Waals surface area contributed by atoms with Crippen LogP contribution in [-0.4, -0.2) is 33.4 Å². The molecule has 5 heteroatoms. The molecule has 1 aromatic rings. The highest BCUT2D eigenvalue weighted by atomic mass is 16.2. The van der Waals surface area contributed by atoms with Crippen LogP contribution in [0.2, 0.25) is 0 Å². The van der Waals surface area contributed by atoms with Crippen molar-refractivity contribution in [1.82, 2.24) is 14.9 Å². The van der Waals surface area contributed by atoms with Crippen molar-refractivity contribution in [2.75, 3.05) is 6.54 Å². The van der Waals surface area contributed by atoms with Crippen molar-refractivity contribution < 1.29 is 4.79 Å². The van der Waals surface area contributed by atoms with Crippen molar-refractivity contribution in [2.24, 2.45) is 5.41 Å². The number of hydrogen-bond donors (Lipinski definition) is 0. The molecule has 1 saturated heterocycles. The Hall–Kier alpha value is -1.96. The number of nitriles is 1. The molecular formula is C15H20N4O. The summed E-state index contributed by atoms with van der Waals surface area (Å²) in [5, 5.41) is 9.36. The molecule has 0 spiro atoms. The second-order valence-electron chi connectivity index (χ2n) is 5.91. The van der Waals surface area contributed by atoms with E-state index in [1.165, 1.54) is 0 Å². The minimum absolute atomic E-state index is 0.0370. The molecule has 1 unspecified atom stereocenters. The maximum atomic E-state index is 12.4. The number of hydrogen-bond acceptors (Lipinski definition) is 4. The molecule has 20 heavy (non-hydrogen) atoms. The molecule has 1 fully saturated rings. The van der Waals surface area contributed by atoms with Gasteiger partial charge in [-0.15, -0.1) is 0 Å². The molecule has 1 atom stereocenters. The van der Waals surface area contributed by atoms with Gasteiger partial charge in [0, 0.05) is 31.6 Å². The summed E-state index contributed by atoms with van der Waals surface area (Å²) in [4.78, 5) is 22.2. The third-order valence-electron chi connectivity index (χ3n) is 3.93. The molecule has 1 aromatic heterocycles. The fourth-order valence-electron chi connectivity index (χ4n) is 2.74. The predicted octanol–water partition coefficient (Wildman–Crippen LogP) is 1.95. The first-order valence-corrected chi connectivity index (χ1v) is 6.98. The number of likely N-dealkylation sites (tertiary alicyclic amines) is 1. The number of carbonyl (C=O) groups is 1. The number of rotatable bonds is 3. The first-order chi connectivity index (χ1) is 9.54. The number of nitrogens with zero attached hydrogens (tertiary/aromatic N) is 4. The Morgan fingerprint density at radius 2 is 2.35 bits per heavy atom. The van der Waals surface area contributed by atoms with Crippen molar-refractivity contribution in [3.8, 4) is 6.07 Å². The average Bonchev–Trinajstić information content (AvgIpc) is 2.44. The van der Waals surface area contributed by atoms with Gasteiger partial charge in [-0.2, -0.15) is 5.26 Å². The van der Waals surface area contributed by atoms with Crippen molar-refractivity contribution >= 4 is 5.91 Å². The lowest BCUT2D eigenvalue weighted by Gasteiger charge is -2.42. The van der Waals surface area contributed by atoms with E-state index in [1.54, 1.807) is 23.5 Å². The molecule has 2 rings (SSSR count). The smallest absolute Gasteiger partial charge is 0.224 e. The van der Waals surface area contributed by atoms with Crippen molar-refractivity contribution in [2.45, 2.75) is 45.6 Å². The summed E-state index contributed by atoms with van der Waals surface area (Å²) in [6, 6.07) is 1.97. The Morgan fingerprint density at radius 3 is 3.00 bits per heavy atom. The zero-order chi connectivity index (χ0) is 14.6. The Balaban J connectivity index is 1.99. The van der Waals surface area contributed by atoms with Gasteiger partial charge in [-0.25, -0.2) is 0 Å². The van der Waals surface area contributed by atoms with Gasteiger partial charge in [0.15, 0.2) is 0 Å². The second kappa shape index (κ2) is 6.00. The molecule has 2 heterocycles. The Bertz CT molecular complexity index is 506. The maximum Gasteiger partial charge on any atom is 0.224 e. The van der Waals surface area contributed by atoms with Crippen LogP contribution in [0.15, 0.2) is 18.6 Å². The van der Waals surface area contributed by atoms with Crippen molar-refractivity contribution in [1.29, 1.82) is 5.26 Å². The lowest BCUT2D eigenvalue weighted by atomic mass is 9.77. The van der Waals surface area contributed by atoms with Gasteiger partial charge >= 0.3 is 0 Å². The molecule has 1 aliphatic heterocycles. The summed E-state index contributed by atoms with van der Waals surface area (Å²) in [5.74, 6) is 0.0370. The maximum absolute atomic E-state index is 12.4. The van der Waals surface area contributed by atoms with Crippen LogP contribution in [0.3, 0.4) is 0 Å². The third kappa shape index (κ3) is 3.13. The molecule has 0 aromatic carbocycles. The van der Waals surface area contributed by atoms with Gasteiger partial charge in [0.05, 0.1) is 11.8 Å². The van der Waals surface area contributed by atoms with Gasteiger partial charge in [-0.05, 0) is 24.7 Å². The van der Waals surface area contributed by atoms with E-state index in [-0.39, 0.29) is 17.4 Å². The lowest BCUT2D eigenvalue weighted by molar-refractivity contribution is -0.136. The van der Waals surface area contributed by atoms with Crippen LogP contribution in [0.5, 0.6) is 0 Å². The molecule has 0 bridgehead atoms. The number of carbonyl (C=O) groups excluding carboxylic acids is 1. The normalized spacial score (nSPS) is 21.2. The van der Waals surface area contributed by atoms with Crippen molar-refractivity contribution in [3.63, 3.8) is 0 Å². The van der Waals surface area contributed by atoms with Crippen LogP contribution in [0, 0.1) is 16.7 Å². The summed E-state index contributed by atoms with van der Waals surface area (Å²) in [6.07, 6.45) is 7.82. The minimum Gasteiger partial charge on any atom is -0.326 e. The Labute approximate surface area is 119 Å². The van der Waals surface area contributed by atoms with E-state index in [0.29, 0.717) is 19.4 Å². The standard InChI is InChI=1S/C15H20N4O/c1-15(2)6-3-9-19(13(15)10-16)14(20)5-4-12-11-17-7-8-18-12/h7-8,11,13H,3-6,9H2,1-2H3. The SMILES string of the molecule is CC1(C)CCCN(C(=O)CCc2cnccn2)C1C#N. The highest BCUT2D eigenvalue weighted by molar-refractivity contribution is 5.77. The van der Waals surface area contributed by atoms with Gasteiger partial charge in [0.1, 0.15) is 6.04 Å². The largest absolute Gasteiger partial charge is 0.326 e. The summed E-state index contributed by atoms with van der Waals surface area (Å²) < 4.78 is 0. The van der Waals surface area contributed by atoms with Gasteiger partial charge in [-0.3, -0.25) is 14.8 Å².